The molecule has 1 heterocycles. The average molecular weight is 214 g/mol. The van der Waals surface area contributed by atoms with Gasteiger partial charge in [0.05, 0.1) is 6.42 Å². The highest BCUT2D eigenvalue weighted by molar-refractivity contribution is 7.13. The van der Waals surface area contributed by atoms with Crippen LogP contribution in [0.2, 0.25) is 0 Å². The standard InChI is InChI=1S/C9H14N2O2S/c1-3-11(7(2)6-8(12)13)9-10-4-5-14-9/h4-5,7H,3,6H2,1-2H3,(H,12,13). The van der Waals surface area contributed by atoms with Crippen molar-refractivity contribution in [3.63, 3.8) is 0 Å². The highest BCUT2D eigenvalue weighted by Gasteiger charge is 2.17. The Bertz CT molecular complexity index is 287. The number of carbonyl (C=O) groups is 1. The van der Waals surface area contributed by atoms with Gasteiger partial charge in [-0.1, -0.05) is 0 Å². The van der Waals surface area contributed by atoms with Crippen LogP contribution >= 0.6 is 11.3 Å². The summed E-state index contributed by atoms with van der Waals surface area (Å²) in [5.41, 5.74) is 0. The first-order chi connectivity index (χ1) is 6.65. The molecule has 0 aliphatic heterocycles. The van der Waals surface area contributed by atoms with E-state index in [0.29, 0.717) is 0 Å². The fourth-order valence-corrected chi connectivity index (χ4v) is 2.17. The number of rotatable bonds is 5. The van der Waals surface area contributed by atoms with Crippen molar-refractivity contribution < 1.29 is 9.90 Å². The second-order valence-electron chi connectivity index (χ2n) is 3.05. The molecule has 78 valence electrons. The van der Waals surface area contributed by atoms with Crippen molar-refractivity contribution >= 4 is 22.4 Å². The van der Waals surface area contributed by atoms with Crippen molar-refractivity contribution in [2.24, 2.45) is 0 Å². The van der Waals surface area contributed by atoms with E-state index < -0.39 is 5.97 Å². The molecule has 0 saturated carbocycles. The maximum Gasteiger partial charge on any atom is 0.305 e. The molecule has 0 fully saturated rings. The van der Waals surface area contributed by atoms with Gasteiger partial charge in [0.25, 0.3) is 0 Å². The minimum atomic E-state index is -0.771. The number of aromatic nitrogens is 1. The van der Waals surface area contributed by atoms with E-state index in [0.717, 1.165) is 11.7 Å². The molecule has 0 amide bonds. The van der Waals surface area contributed by atoms with Crippen LogP contribution < -0.4 is 4.90 Å². The first kappa shape index (κ1) is 11.0. The fraction of sp³-hybridized carbons (Fsp3) is 0.556. The molecule has 0 radical (unpaired) electrons. The number of aliphatic carboxylic acids is 1. The Morgan fingerprint density at radius 1 is 1.79 bits per heavy atom. The van der Waals surface area contributed by atoms with Crippen LogP contribution in [-0.4, -0.2) is 28.6 Å². The van der Waals surface area contributed by atoms with E-state index in [1.807, 2.05) is 24.1 Å². The molecule has 0 aliphatic rings. The number of nitrogens with zero attached hydrogens (tertiary/aromatic N) is 2. The molecule has 0 spiro atoms. The van der Waals surface area contributed by atoms with Gasteiger partial charge in [0.1, 0.15) is 0 Å². The number of anilines is 1. The normalized spacial score (nSPS) is 12.4. The van der Waals surface area contributed by atoms with Gasteiger partial charge in [-0.3, -0.25) is 4.79 Å². The van der Waals surface area contributed by atoms with Crippen molar-refractivity contribution in [3.8, 4) is 0 Å². The summed E-state index contributed by atoms with van der Waals surface area (Å²) in [5.74, 6) is -0.771. The molecule has 14 heavy (non-hydrogen) atoms. The minimum absolute atomic E-state index is 0.0105. The lowest BCUT2D eigenvalue weighted by Crippen LogP contribution is -2.34. The van der Waals surface area contributed by atoms with E-state index in [2.05, 4.69) is 4.98 Å². The lowest BCUT2D eigenvalue weighted by atomic mass is 10.2. The summed E-state index contributed by atoms with van der Waals surface area (Å²) in [7, 11) is 0. The SMILES string of the molecule is CCN(c1nccs1)C(C)CC(=O)O. The average Bonchev–Trinajstić information content (AvgIpc) is 2.57. The predicted octanol–water partition coefficient (Wildman–Crippen LogP) is 1.83. The molecule has 1 rings (SSSR count). The van der Waals surface area contributed by atoms with E-state index in [1.54, 1.807) is 6.20 Å². The zero-order chi connectivity index (χ0) is 10.6. The van der Waals surface area contributed by atoms with Gasteiger partial charge in [-0.25, -0.2) is 4.98 Å². The first-order valence-electron chi connectivity index (χ1n) is 4.53. The van der Waals surface area contributed by atoms with Crippen LogP contribution in [0.1, 0.15) is 20.3 Å². The molecular weight excluding hydrogens is 200 g/mol. The summed E-state index contributed by atoms with van der Waals surface area (Å²) in [6, 6.07) is -0.0105. The molecule has 0 aliphatic carbocycles. The number of hydrogen-bond acceptors (Lipinski definition) is 4. The Morgan fingerprint density at radius 2 is 2.50 bits per heavy atom. The highest BCUT2D eigenvalue weighted by atomic mass is 32.1. The molecule has 1 N–H and O–H groups in total. The molecule has 5 heteroatoms. The second-order valence-corrected chi connectivity index (χ2v) is 3.92. The smallest absolute Gasteiger partial charge is 0.305 e. The molecule has 4 nitrogen and oxygen atoms in total. The Morgan fingerprint density at radius 3 is 2.93 bits per heavy atom. The fourth-order valence-electron chi connectivity index (χ4n) is 1.36. The van der Waals surface area contributed by atoms with Gasteiger partial charge < -0.3 is 10.0 Å². The van der Waals surface area contributed by atoms with Crippen molar-refractivity contribution in [1.82, 2.24) is 4.98 Å². The number of thiazole rings is 1. The molecular formula is C9H14N2O2S. The number of hydrogen-bond donors (Lipinski definition) is 1. The van der Waals surface area contributed by atoms with Crippen molar-refractivity contribution in [3.05, 3.63) is 11.6 Å². The molecule has 1 unspecified atom stereocenters. The van der Waals surface area contributed by atoms with Gasteiger partial charge in [0, 0.05) is 24.2 Å². The summed E-state index contributed by atoms with van der Waals surface area (Å²) < 4.78 is 0. The quantitative estimate of drug-likeness (QED) is 0.812. The summed E-state index contributed by atoms with van der Waals surface area (Å²) in [6.45, 7) is 4.68. The van der Waals surface area contributed by atoms with Crippen molar-refractivity contribution in [1.29, 1.82) is 0 Å². The van der Waals surface area contributed by atoms with Crippen LogP contribution in [0.15, 0.2) is 11.6 Å². The van der Waals surface area contributed by atoms with E-state index in [1.165, 1.54) is 11.3 Å². The van der Waals surface area contributed by atoms with Gasteiger partial charge in [-0.05, 0) is 13.8 Å². The molecule has 1 aromatic rings. The Hall–Kier alpha value is -1.10. The Balaban J connectivity index is 2.67. The van der Waals surface area contributed by atoms with Gasteiger partial charge in [0.15, 0.2) is 5.13 Å². The van der Waals surface area contributed by atoms with Crippen molar-refractivity contribution in [2.75, 3.05) is 11.4 Å². The molecule has 0 bridgehead atoms. The lowest BCUT2D eigenvalue weighted by molar-refractivity contribution is -0.137. The zero-order valence-corrected chi connectivity index (χ0v) is 9.12. The van der Waals surface area contributed by atoms with Crippen LogP contribution in [-0.2, 0) is 4.79 Å². The summed E-state index contributed by atoms with van der Waals surface area (Å²) in [5, 5.41) is 11.5. The molecule has 1 aromatic heterocycles. The largest absolute Gasteiger partial charge is 0.481 e. The number of carboxylic acids is 1. The maximum absolute atomic E-state index is 10.6. The third kappa shape index (κ3) is 2.70. The highest BCUT2D eigenvalue weighted by Crippen LogP contribution is 2.20. The summed E-state index contributed by atoms with van der Waals surface area (Å²) in [6.07, 6.45) is 1.88. The monoisotopic (exact) mass is 214 g/mol. The lowest BCUT2D eigenvalue weighted by Gasteiger charge is -2.26. The summed E-state index contributed by atoms with van der Waals surface area (Å²) in [4.78, 5) is 16.7. The molecule has 0 saturated heterocycles. The van der Waals surface area contributed by atoms with Gasteiger partial charge in [0.2, 0.25) is 0 Å². The third-order valence-electron chi connectivity index (χ3n) is 2.01. The second kappa shape index (κ2) is 4.95. The Kier molecular flexibility index (Phi) is 3.88. The molecule has 0 aromatic carbocycles. The topological polar surface area (TPSA) is 53.4 Å². The summed E-state index contributed by atoms with van der Waals surface area (Å²) >= 11 is 1.53. The number of carboxylic acid groups (broad SMARTS) is 1. The third-order valence-corrected chi connectivity index (χ3v) is 2.82. The maximum atomic E-state index is 10.6. The van der Waals surface area contributed by atoms with E-state index in [9.17, 15) is 4.79 Å². The van der Waals surface area contributed by atoms with E-state index in [4.69, 9.17) is 5.11 Å². The van der Waals surface area contributed by atoms with Crippen LogP contribution in [0, 0.1) is 0 Å². The van der Waals surface area contributed by atoms with Gasteiger partial charge in [-0.15, -0.1) is 11.3 Å². The van der Waals surface area contributed by atoms with E-state index >= 15 is 0 Å². The molecule has 1 atom stereocenters. The van der Waals surface area contributed by atoms with Gasteiger partial charge in [-0.2, -0.15) is 0 Å². The predicted molar refractivity (Wildman–Crippen MR) is 56.8 cm³/mol. The van der Waals surface area contributed by atoms with Crippen LogP contribution in [0.4, 0.5) is 5.13 Å². The van der Waals surface area contributed by atoms with Crippen molar-refractivity contribution in [2.45, 2.75) is 26.3 Å². The minimum Gasteiger partial charge on any atom is -0.481 e. The first-order valence-corrected chi connectivity index (χ1v) is 5.41. The van der Waals surface area contributed by atoms with Crippen LogP contribution in [0.3, 0.4) is 0 Å². The van der Waals surface area contributed by atoms with Crippen LogP contribution in [0.25, 0.3) is 0 Å². The Labute approximate surface area is 87.2 Å². The van der Waals surface area contributed by atoms with Gasteiger partial charge >= 0.3 is 5.97 Å². The van der Waals surface area contributed by atoms with Crippen LogP contribution in [0.5, 0.6) is 0 Å². The van der Waals surface area contributed by atoms with E-state index in [-0.39, 0.29) is 12.5 Å². The zero-order valence-electron chi connectivity index (χ0n) is 8.30.